The number of halogens is 1. The van der Waals surface area contributed by atoms with Crippen LogP contribution in [0, 0.1) is 5.92 Å². The third kappa shape index (κ3) is 4.65. The van der Waals surface area contributed by atoms with E-state index in [1.165, 1.54) is 0 Å². The molecule has 2 heterocycles. The summed E-state index contributed by atoms with van der Waals surface area (Å²) >= 11 is 6.21. The molecule has 0 saturated heterocycles. The molecule has 28 heavy (non-hydrogen) atoms. The van der Waals surface area contributed by atoms with E-state index in [1.54, 1.807) is 7.11 Å². The molecule has 1 N–H and O–H groups in total. The van der Waals surface area contributed by atoms with Gasteiger partial charge < -0.3 is 14.5 Å². The fourth-order valence-electron chi connectivity index (χ4n) is 3.32. The topological polar surface area (TPSA) is 55.6 Å². The predicted molar refractivity (Wildman–Crippen MR) is 112 cm³/mol. The van der Waals surface area contributed by atoms with Crippen molar-refractivity contribution >= 4 is 23.2 Å². The number of hydrogen-bond acceptors (Lipinski definition) is 3. The molecule has 1 aromatic carbocycles. The maximum absolute atomic E-state index is 12.7. The molecular weight excluding hydrogens is 374 g/mol. The first-order chi connectivity index (χ1) is 13.5. The van der Waals surface area contributed by atoms with E-state index in [9.17, 15) is 4.79 Å². The fraction of sp³-hybridized carbons (Fsp3) is 0.364. The Hall–Kier alpha value is -2.53. The summed E-state index contributed by atoms with van der Waals surface area (Å²) in [6.07, 6.45) is 4.90. The van der Waals surface area contributed by atoms with Gasteiger partial charge in [-0.3, -0.25) is 4.79 Å². The number of benzene rings is 1. The van der Waals surface area contributed by atoms with Crippen LogP contribution in [0.1, 0.15) is 43.9 Å². The minimum atomic E-state index is -0.205. The first-order valence-corrected chi connectivity index (χ1v) is 9.89. The van der Waals surface area contributed by atoms with Gasteiger partial charge in [0.1, 0.15) is 11.4 Å². The highest BCUT2D eigenvalue weighted by Gasteiger charge is 2.24. The lowest BCUT2D eigenvalue weighted by Gasteiger charge is -2.20. The zero-order valence-electron chi connectivity index (χ0n) is 16.5. The van der Waals surface area contributed by atoms with Gasteiger partial charge in [0.05, 0.1) is 17.8 Å². The van der Waals surface area contributed by atoms with Crippen LogP contribution in [0.15, 0.2) is 48.8 Å². The molecule has 148 valence electrons. The summed E-state index contributed by atoms with van der Waals surface area (Å²) in [5, 5.41) is 3.66. The van der Waals surface area contributed by atoms with Crippen molar-refractivity contribution in [2.75, 3.05) is 13.7 Å². The zero-order valence-corrected chi connectivity index (χ0v) is 17.2. The van der Waals surface area contributed by atoms with Crippen molar-refractivity contribution < 1.29 is 9.53 Å². The van der Waals surface area contributed by atoms with E-state index < -0.39 is 0 Å². The highest BCUT2D eigenvalue weighted by molar-refractivity contribution is 6.30. The highest BCUT2D eigenvalue weighted by atomic mass is 35.5. The van der Waals surface area contributed by atoms with Crippen molar-refractivity contribution in [1.82, 2.24) is 14.7 Å². The van der Waals surface area contributed by atoms with Crippen molar-refractivity contribution in [2.45, 2.75) is 32.6 Å². The van der Waals surface area contributed by atoms with Gasteiger partial charge in [0.15, 0.2) is 0 Å². The number of hydrogen-bond donors (Lipinski definition) is 1. The number of nitrogens with one attached hydrogen (secondary N) is 1. The normalized spacial score (nSPS) is 12.3. The van der Waals surface area contributed by atoms with Crippen LogP contribution in [0.4, 0.5) is 0 Å². The molecule has 0 spiro atoms. The number of fused-ring (bicyclic) bond motifs is 1. The number of imidazole rings is 1. The summed E-state index contributed by atoms with van der Waals surface area (Å²) in [7, 11) is 1.64. The molecule has 1 atom stereocenters. The third-order valence-corrected chi connectivity index (χ3v) is 5.03. The van der Waals surface area contributed by atoms with Gasteiger partial charge in [-0.2, -0.15) is 0 Å². The molecule has 3 rings (SSSR count). The molecule has 0 bridgehead atoms. The van der Waals surface area contributed by atoms with E-state index in [4.69, 9.17) is 16.3 Å². The molecule has 2 aromatic heterocycles. The number of pyridine rings is 1. The first kappa shape index (κ1) is 20.2. The molecule has 0 fully saturated rings. The predicted octanol–water partition coefficient (Wildman–Crippen LogP) is 4.68. The van der Waals surface area contributed by atoms with Crippen molar-refractivity contribution in [3.8, 4) is 5.75 Å². The lowest BCUT2D eigenvalue weighted by Crippen LogP contribution is -2.27. The van der Waals surface area contributed by atoms with Gasteiger partial charge in [-0.05, 0) is 30.5 Å². The van der Waals surface area contributed by atoms with Crippen LogP contribution in [0.5, 0.6) is 5.75 Å². The summed E-state index contributed by atoms with van der Waals surface area (Å²) in [6.45, 7) is 4.96. The second-order valence-electron chi connectivity index (χ2n) is 7.29. The molecule has 1 amide bonds. The quantitative estimate of drug-likeness (QED) is 0.598. The molecule has 0 aliphatic rings. The van der Waals surface area contributed by atoms with Crippen LogP contribution in [-0.2, 0) is 4.79 Å². The maximum atomic E-state index is 12.7. The minimum Gasteiger partial charge on any atom is -0.496 e. The maximum Gasteiger partial charge on any atom is 0.221 e. The van der Waals surface area contributed by atoms with Gasteiger partial charge in [-0.1, -0.05) is 43.6 Å². The second-order valence-corrected chi connectivity index (χ2v) is 7.73. The summed E-state index contributed by atoms with van der Waals surface area (Å²) in [5.74, 6) is 1.10. The number of methoxy groups -OCH3 is 1. The Morgan fingerprint density at radius 3 is 2.79 bits per heavy atom. The Morgan fingerprint density at radius 1 is 1.25 bits per heavy atom. The monoisotopic (exact) mass is 399 g/mol. The van der Waals surface area contributed by atoms with Crippen molar-refractivity contribution in [3.05, 3.63) is 65.1 Å². The largest absolute Gasteiger partial charge is 0.496 e. The summed E-state index contributed by atoms with van der Waals surface area (Å²) in [6, 6.07) is 11.5. The summed E-state index contributed by atoms with van der Waals surface area (Å²) in [4.78, 5) is 17.2. The molecule has 0 saturated carbocycles. The van der Waals surface area contributed by atoms with Crippen LogP contribution in [0.2, 0.25) is 5.02 Å². The molecule has 3 aromatic rings. The number of ether oxygens (including phenoxy) is 1. The van der Waals surface area contributed by atoms with Gasteiger partial charge in [0, 0.05) is 36.8 Å². The van der Waals surface area contributed by atoms with Gasteiger partial charge in [0.2, 0.25) is 5.91 Å². The Morgan fingerprint density at radius 2 is 2.04 bits per heavy atom. The molecule has 6 heteroatoms. The number of nitrogens with zero attached hydrogens (tertiary/aromatic N) is 2. The van der Waals surface area contributed by atoms with Crippen LogP contribution >= 0.6 is 11.6 Å². The van der Waals surface area contributed by atoms with Crippen molar-refractivity contribution in [1.29, 1.82) is 0 Å². The Kier molecular flexibility index (Phi) is 6.57. The Balaban J connectivity index is 1.97. The highest BCUT2D eigenvalue weighted by Crippen LogP contribution is 2.35. The van der Waals surface area contributed by atoms with E-state index in [-0.39, 0.29) is 11.8 Å². The molecule has 0 unspecified atom stereocenters. The van der Waals surface area contributed by atoms with Gasteiger partial charge >= 0.3 is 0 Å². The number of carbonyl (C=O) groups is 1. The van der Waals surface area contributed by atoms with Gasteiger partial charge in [-0.15, -0.1) is 0 Å². The van der Waals surface area contributed by atoms with Crippen LogP contribution in [0.3, 0.4) is 0 Å². The molecule has 5 nitrogen and oxygen atoms in total. The SMILES string of the molecule is COc1ccccc1[C@@H](CC(=O)NCCC(C)C)c1cnc2ccc(Cl)cn12. The third-order valence-electron chi connectivity index (χ3n) is 4.80. The first-order valence-electron chi connectivity index (χ1n) is 9.51. The van der Waals surface area contributed by atoms with Crippen LogP contribution in [-0.4, -0.2) is 28.9 Å². The lowest BCUT2D eigenvalue weighted by molar-refractivity contribution is -0.121. The van der Waals surface area contributed by atoms with Crippen molar-refractivity contribution in [3.63, 3.8) is 0 Å². The number of rotatable bonds is 8. The van der Waals surface area contributed by atoms with Gasteiger partial charge in [-0.25, -0.2) is 4.98 Å². The molecule has 0 radical (unpaired) electrons. The minimum absolute atomic E-state index is 0.00790. The smallest absolute Gasteiger partial charge is 0.221 e. The number of aromatic nitrogens is 2. The van der Waals surface area contributed by atoms with Gasteiger partial charge in [0.25, 0.3) is 0 Å². The Bertz CT molecular complexity index is 952. The fourth-order valence-corrected chi connectivity index (χ4v) is 3.48. The Labute approximate surface area is 170 Å². The second kappa shape index (κ2) is 9.11. The zero-order chi connectivity index (χ0) is 20.1. The molecule has 0 aliphatic heterocycles. The average Bonchev–Trinajstić information content (AvgIpc) is 3.08. The standard InChI is InChI=1S/C22H26ClN3O2/c1-15(2)10-11-24-22(27)12-18(17-6-4-5-7-20(17)28-3)19-13-25-21-9-8-16(23)14-26(19)21/h4-9,13-15,18H,10-12H2,1-3H3,(H,24,27)/t18-/m1/s1. The average molecular weight is 400 g/mol. The van der Waals surface area contributed by atoms with E-state index in [0.717, 1.165) is 29.1 Å². The van der Waals surface area contributed by atoms with Crippen molar-refractivity contribution in [2.24, 2.45) is 5.92 Å². The number of amides is 1. The van der Waals surface area contributed by atoms with E-state index >= 15 is 0 Å². The van der Waals surface area contributed by atoms with E-state index in [1.807, 2.05) is 53.2 Å². The lowest BCUT2D eigenvalue weighted by atomic mass is 9.91. The number of para-hydroxylation sites is 1. The number of carbonyl (C=O) groups excluding carboxylic acids is 1. The van der Waals surface area contributed by atoms with Crippen LogP contribution < -0.4 is 10.1 Å². The summed E-state index contributed by atoms with van der Waals surface area (Å²) in [5.41, 5.74) is 2.64. The molecular formula is C22H26ClN3O2. The van der Waals surface area contributed by atoms with Crippen LogP contribution in [0.25, 0.3) is 5.65 Å². The van der Waals surface area contributed by atoms with E-state index in [0.29, 0.717) is 23.9 Å². The van der Waals surface area contributed by atoms with E-state index in [2.05, 4.69) is 24.1 Å². The summed E-state index contributed by atoms with van der Waals surface area (Å²) < 4.78 is 7.51. The molecule has 0 aliphatic carbocycles.